The zero-order chi connectivity index (χ0) is 31.8. The Labute approximate surface area is 256 Å². The van der Waals surface area contributed by atoms with Gasteiger partial charge in [-0.15, -0.1) is 0 Å². The standard InChI is InChI=1S/C33H42O11/c1-18-4-11-24-32(2,22(18)10-7-20-13-15-41-29(20)39)14-12-25(33(24,3)17-35)44-30(40)19-5-8-21(9-6-19)42-31-28(38)27(37)26(36)23(16-34)43-31/h5-10,13,22-28,31,34-38H,1,4,11-12,14-17H2,2-3H3. The van der Waals surface area contributed by atoms with Crippen molar-refractivity contribution in [2.75, 3.05) is 19.8 Å². The van der Waals surface area contributed by atoms with Gasteiger partial charge in [-0.3, -0.25) is 0 Å². The number of ether oxygens (including phenoxy) is 4. The van der Waals surface area contributed by atoms with Crippen molar-refractivity contribution >= 4 is 11.9 Å². The topological polar surface area (TPSA) is 172 Å². The second-order valence-electron chi connectivity index (χ2n) is 12.8. The van der Waals surface area contributed by atoms with E-state index in [1.165, 1.54) is 24.3 Å². The molecule has 0 amide bonds. The van der Waals surface area contributed by atoms with Crippen molar-refractivity contribution in [3.05, 3.63) is 65.8 Å². The third-order valence-corrected chi connectivity index (χ3v) is 10.2. The molecule has 10 atom stereocenters. The Hall–Kier alpha value is -3.06. The highest BCUT2D eigenvalue weighted by molar-refractivity contribution is 5.93. The zero-order valence-electron chi connectivity index (χ0n) is 25.0. The van der Waals surface area contributed by atoms with E-state index in [9.17, 15) is 35.1 Å². The lowest BCUT2D eigenvalue weighted by atomic mass is 9.46. The molecule has 4 aliphatic rings. The van der Waals surface area contributed by atoms with Gasteiger partial charge in [0, 0.05) is 11.3 Å². The van der Waals surface area contributed by atoms with Crippen LogP contribution in [-0.4, -0.2) is 94.1 Å². The number of esters is 2. The van der Waals surface area contributed by atoms with E-state index in [1.807, 2.05) is 19.1 Å². The Morgan fingerprint density at radius 3 is 2.45 bits per heavy atom. The van der Waals surface area contributed by atoms with Crippen LogP contribution >= 0.6 is 0 Å². The Balaban J connectivity index is 1.27. The lowest BCUT2D eigenvalue weighted by Crippen LogP contribution is -2.60. The van der Waals surface area contributed by atoms with E-state index >= 15 is 0 Å². The van der Waals surface area contributed by atoms with Crippen molar-refractivity contribution in [3.63, 3.8) is 0 Å². The van der Waals surface area contributed by atoms with Crippen molar-refractivity contribution in [3.8, 4) is 5.75 Å². The van der Waals surface area contributed by atoms with Crippen molar-refractivity contribution in [1.29, 1.82) is 0 Å². The highest BCUT2D eigenvalue weighted by Crippen LogP contribution is 2.61. The molecule has 11 nitrogen and oxygen atoms in total. The first-order chi connectivity index (χ1) is 20.9. The van der Waals surface area contributed by atoms with Crippen LogP contribution in [0.1, 0.15) is 49.9 Å². The summed E-state index contributed by atoms with van der Waals surface area (Å²) in [4.78, 5) is 25.3. The number of benzene rings is 1. The third kappa shape index (κ3) is 5.84. The number of hydrogen-bond donors (Lipinski definition) is 5. The van der Waals surface area contributed by atoms with Crippen LogP contribution in [0.5, 0.6) is 5.75 Å². The van der Waals surface area contributed by atoms with Crippen molar-refractivity contribution in [2.45, 2.75) is 76.3 Å². The van der Waals surface area contributed by atoms with Crippen LogP contribution in [0, 0.1) is 22.7 Å². The lowest BCUT2D eigenvalue weighted by Gasteiger charge is -2.59. The summed E-state index contributed by atoms with van der Waals surface area (Å²) in [5.41, 5.74) is 0.884. The number of carbonyl (C=O) groups excluding carboxylic acids is 2. The average molecular weight is 615 g/mol. The molecular formula is C33H42O11. The fourth-order valence-electron chi connectivity index (χ4n) is 7.54. The minimum atomic E-state index is -1.57. The van der Waals surface area contributed by atoms with Crippen LogP contribution in [0.2, 0.25) is 0 Å². The molecular weight excluding hydrogens is 572 g/mol. The molecule has 44 heavy (non-hydrogen) atoms. The maximum absolute atomic E-state index is 13.3. The molecule has 1 aromatic carbocycles. The Bertz CT molecular complexity index is 1300. The van der Waals surface area contributed by atoms with Gasteiger partial charge in [-0.1, -0.05) is 38.2 Å². The molecule has 0 bridgehead atoms. The van der Waals surface area contributed by atoms with Crippen LogP contribution < -0.4 is 4.74 Å². The summed E-state index contributed by atoms with van der Waals surface area (Å²) in [6.07, 6.45) is 0.788. The summed E-state index contributed by atoms with van der Waals surface area (Å²) >= 11 is 0. The van der Waals surface area contributed by atoms with Crippen LogP contribution in [0.4, 0.5) is 0 Å². The Morgan fingerprint density at radius 2 is 1.82 bits per heavy atom. The molecule has 1 aromatic rings. The van der Waals surface area contributed by atoms with Crippen molar-refractivity contribution in [2.24, 2.45) is 22.7 Å². The molecule has 240 valence electrons. The fraction of sp³-hybridized carbons (Fsp3) is 0.576. The quantitative estimate of drug-likeness (QED) is 0.214. The fourth-order valence-corrected chi connectivity index (χ4v) is 7.54. The lowest BCUT2D eigenvalue weighted by molar-refractivity contribution is -0.277. The first-order valence-electron chi connectivity index (χ1n) is 15.0. The number of fused-ring (bicyclic) bond motifs is 1. The summed E-state index contributed by atoms with van der Waals surface area (Å²) < 4.78 is 22.1. The molecule has 2 aliphatic heterocycles. The molecule has 2 aliphatic carbocycles. The smallest absolute Gasteiger partial charge is 0.338 e. The monoisotopic (exact) mass is 614 g/mol. The first kappa shape index (κ1) is 32.3. The van der Waals surface area contributed by atoms with Crippen molar-refractivity contribution < 1.29 is 54.1 Å². The number of rotatable bonds is 8. The number of cyclic esters (lactones) is 1. The van der Waals surface area contributed by atoms with Crippen LogP contribution in [0.15, 0.2) is 60.2 Å². The third-order valence-electron chi connectivity index (χ3n) is 10.2. The average Bonchev–Trinajstić information content (AvgIpc) is 3.43. The number of aliphatic hydroxyl groups excluding tert-OH is 5. The molecule has 5 N–H and O–H groups in total. The molecule has 0 spiro atoms. The van der Waals surface area contributed by atoms with Gasteiger partial charge in [-0.05, 0) is 67.4 Å². The summed E-state index contributed by atoms with van der Waals surface area (Å²) in [6.45, 7) is 8.02. The van der Waals surface area contributed by atoms with Crippen LogP contribution in [0.3, 0.4) is 0 Å². The summed E-state index contributed by atoms with van der Waals surface area (Å²) in [5.74, 6) is -0.669. The zero-order valence-corrected chi connectivity index (χ0v) is 25.0. The van der Waals surface area contributed by atoms with E-state index < -0.39 is 54.8 Å². The largest absolute Gasteiger partial charge is 0.462 e. The number of hydrogen-bond acceptors (Lipinski definition) is 11. The van der Waals surface area contributed by atoms with Gasteiger partial charge in [0.25, 0.3) is 0 Å². The maximum Gasteiger partial charge on any atom is 0.338 e. The van der Waals surface area contributed by atoms with E-state index in [0.717, 1.165) is 24.8 Å². The number of allylic oxidation sites excluding steroid dienone is 2. The van der Waals surface area contributed by atoms with Gasteiger partial charge >= 0.3 is 11.9 Å². The van der Waals surface area contributed by atoms with Gasteiger partial charge in [0.15, 0.2) is 0 Å². The van der Waals surface area contributed by atoms with E-state index in [1.54, 1.807) is 6.08 Å². The molecule has 11 heteroatoms. The second kappa shape index (κ2) is 12.7. The molecule has 3 fully saturated rings. The van der Waals surface area contributed by atoms with Gasteiger partial charge in [0.05, 0.1) is 24.4 Å². The molecule has 2 saturated carbocycles. The highest BCUT2D eigenvalue weighted by Gasteiger charge is 2.58. The van der Waals surface area contributed by atoms with Crippen LogP contribution in [-0.2, 0) is 19.0 Å². The minimum absolute atomic E-state index is 0.0190. The molecule has 10 unspecified atom stereocenters. The highest BCUT2D eigenvalue weighted by atomic mass is 16.7. The van der Waals surface area contributed by atoms with E-state index in [4.69, 9.17) is 18.9 Å². The number of aliphatic hydroxyl groups is 5. The molecule has 1 saturated heterocycles. The normalized spacial score (nSPS) is 39.0. The SMILES string of the molecule is C=C1CCC2C(C)(CO)C(OC(=O)c3ccc(OC4OC(CO)C(O)C(O)C4O)cc3)CCC2(C)C1C=CC1=CCOC1=O. The Morgan fingerprint density at radius 1 is 1.09 bits per heavy atom. The summed E-state index contributed by atoms with van der Waals surface area (Å²) in [6, 6.07) is 5.97. The van der Waals surface area contributed by atoms with Gasteiger partial charge in [-0.2, -0.15) is 0 Å². The minimum Gasteiger partial charge on any atom is -0.462 e. The number of carbonyl (C=O) groups is 2. The van der Waals surface area contributed by atoms with Crippen molar-refractivity contribution in [1.82, 2.24) is 0 Å². The maximum atomic E-state index is 13.3. The predicted octanol–water partition coefficient (Wildman–Crippen LogP) is 1.81. The molecule has 5 rings (SSSR count). The second-order valence-corrected chi connectivity index (χ2v) is 12.8. The van der Waals surface area contributed by atoms with E-state index in [0.29, 0.717) is 12.0 Å². The van der Waals surface area contributed by atoms with Gasteiger partial charge in [0.2, 0.25) is 6.29 Å². The van der Waals surface area contributed by atoms with Crippen LogP contribution in [0.25, 0.3) is 0 Å². The summed E-state index contributed by atoms with van der Waals surface area (Å²) in [5, 5.41) is 50.3. The summed E-state index contributed by atoms with van der Waals surface area (Å²) in [7, 11) is 0. The van der Waals surface area contributed by atoms with Gasteiger partial charge < -0.3 is 44.5 Å². The molecule has 2 heterocycles. The van der Waals surface area contributed by atoms with Gasteiger partial charge in [-0.25, -0.2) is 9.59 Å². The first-order valence-corrected chi connectivity index (χ1v) is 15.0. The molecule has 0 radical (unpaired) electrons. The Kier molecular flexibility index (Phi) is 9.36. The predicted molar refractivity (Wildman–Crippen MR) is 156 cm³/mol. The molecule has 0 aromatic heterocycles. The van der Waals surface area contributed by atoms with E-state index in [-0.39, 0.29) is 47.7 Å². The van der Waals surface area contributed by atoms with E-state index in [2.05, 4.69) is 13.5 Å². The van der Waals surface area contributed by atoms with Gasteiger partial charge in [0.1, 0.15) is 42.9 Å².